The lowest BCUT2D eigenvalue weighted by Gasteiger charge is -1.98. The van der Waals surface area contributed by atoms with Crippen LogP contribution in [0.15, 0.2) is 53.3 Å². The summed E-state index contributed by atoms with van der Waals surface area (Å²) in [6, 6.07) is 11.6. The maximum atomic E-state index is 5.49. The SMILES string of the molecule is NCc1nc(-c2cccc(-c3cn4ncccc4n3)c2)no1. The smallest absolute Gasteiger partial charge is 0.240 e. The number of rotatable bonds is 3. The van der Waals surface area contributed by atoms with Crippen LogP contribution in [0.1, 0.15) is 5.89 Å². The molecule has 0 spiro atoms. The highest BCUT2D eigenvalue weighted by molar-refractivity contribution is 5.69. The van der Waals surface area contributed by atoms with E-state index in [9.17, 15) is 0 Å². The first kappa shape index (κ1) is 12.7. The largest absolute Gasteiger partial charge is 0.338 e. The average Bonchev–Trinajstić information content (AvgIpc) is 3.21. The Morgan fingerprint density at radius 3 is 2.82 bits per heavy atom. The maximum Gasteiger partial charge on any atom is 0.240 e. The summed E-state index contributed by atoms with van der Waals surface area (Å²) in [6.07, 6.45) is 3.61. The fraction of sp³-hybridized carbons (Fsp3) is 0.0667. The minimum absolute atomic E-state index is 0.227. The molecule has 0 unspecified atom stereocenters. The minimum Gasteiger partial charge on any atom is -0.338 e. The van der Waals surface area contributed by atoms with Gasteiger partial charge < -0.3 is 10.3 Å². The van der Waals surface area contributed by atoms with Gasteiger partial charge in [0.1, 0.15) is 0 Å². The first-order valence-electron chi connectivity index (χ1n) is 6.77. The van der Waals surface area contributed by atoms with Crippen molar-refractivity contribution >= 4 is 5.65 Å². The van der Waals surface area contributed by atoms with E-state index in [0.717, 1.165) is 22.5 Å². The summed E-state index contributed by atoms with van der Waals surface area (Å²) in [7, 11) is 0. The normalized spacial score (nSPS) is 11.1. The van der Waals surface area contributed by atoms with Crippen LogP contribution in [0.3, 0.4) is 0 Å². The summed E-state index contributed by atoms with van der Waals surface area (Å²) in [6.45, 7) is 0.227. The molecule has 3 heterocycles. The van der Waals surface area contributed by atoms with Gasteiger partial charge in [-0.1, -0.05) is 23.4 Å². The number of benzene rings is 1. The molecule has 0 aliphatic heterocycles. The van der Waals surface area contributed by atoms with Crippen molar-refractivity contribution in [3.05, 3.63) is 54.7 Å². The predicted octanol–water partition coefficient (Wildman–Crippen LogP) is 1.90. The number of aromatic nitrogens is 5. The van der Waals surface area contributed by atoms with Gasteiger partial charge in [-0.25, -0.2) is 9.50 Å². The van der Waals surface area contributed by atoms with E-state index >= 15 is 0 Å². The molecule has 0 amide bonds. The van der Waals surface area contributed by atoms with Crippen molar-refractivity contribution in [1.29, 1.82) is 0 Å². The number of hydrogen-bond donors (Lipinski definition) is 1. The summed E-state index contributed by atoms with van der Waals surface area (Å²) >= 11 is 0. The number of hydrogen-bond acceptors (Lipinski definition) is 6. The van der Waals surface area contributed by atoms with Gasteiger partial charge in [-0.05, 0) is 18.2 Å². The van der Waals surface area contributed by atoms with Gasteiger partial charge in [0.25, 0.3) is 0 Å². The van der Waals surface area contributed by atoms with E-state index in [-0.39, 0.29) is 6.54 Å². The topological polar surface area (TPSA) is 95.1 Å². The van der Waals surface area contributed by atoms with E-state index in [1.54, 1.807) is 10.7 Å². The first-order valence-corrected chi connectivity index (χ1v) is 6.77. The zero-order chi connectivity index (χ0) is 14.9. The Kier molecular flexibility index (Phi) is 2.90. The van der Waals surface area contributed by atoms with Gasteiger partial charge in [-0.15, -0.1) is 0 Å². The van der Waals surface area contributed by atoms with Crippen LogP contribution in [0.4, 0.5) is 0 Å². The molecular weight excluding hydrogens is 280 g/mol. The average molecular weight is 292 g/mol. The lowest BCUT2D eigenvalue weighted by molar-refractivity contribution is 0.380. The predicted molar refractivity (Wildman–Crippen MR) is 79.6 cm³/mol. The van der Waals surface area contributed by atoms with Crippen molar-refractivity contribution in [2.45, 2.75) is 6.54 Å². The molecule has 2 N–H and O–H groups in total. The van der Waals surface area contributed by atoms with E-state index < -0.39 is 0 Å². The Labute approximate surface area is 125 Å². The second-order valence-corrected chi connectivity index (χ2v) is 4.75. The Balaban J connectivity index is 1.77. The first-order chi connectivity index (χ1) is 10.8. The van der Waals surface area contributed by atoms with Crippen LogP contribution >= 0.6 is 0 Å². The van der Waals surface area contributed by atoms with Crippen LogP contribution in [-0.4, -0.2) is 24.7 Å². The van der Waals surface area contributed by atoms with Crippen molar-refractivity contribution in [2.24, 2.45) is 5.73 Å². The Morgan fingerprint density at radius 1 is 1.09 bits per heavy atom. The highest BCUT2D eigenvalue weighted by atomic mass is 16.5. The third-order valence-corrected chi connectivity index (χ3v) is 3.30. The lowest BCUT2D eigenvalue weighted by atomic mass is 10.1. The van der Waals surface area contributed by atoms with E-state index in [4.69, 9.17) is 10.3 Å². The van der Waals surface area contributed by atoms with Crippen LogP contribution in [0.25, 0.3) is 28.3 Å². The Morgan fingerprint density at radius 2 is 2.00 bits per heavy atom. The monoisotopic (exact) mass is 292 g/mol. The van der Waals surface area contributed by atoms with Gasteiger partial charge in [0.05, 0.1) is 18.4 Å². The van der Waals surface area contributed by atoms with Crippen LogP contribution in [0.2, 0.25) is 0 Å². The summed E-state index contributed by atoms with van der Waals surface area (Å²) in [5.74, 6) is 0.932. The van der Waals surface area contributed by atoms with Crippen molar-refractivity contribution in [3.63, 3.8) is 0 Å². The molecule has 22 heavy (non-hydrogen) atoms. The van der Waals surface area contributed by atoms with Gasteiger partial charge in [0.2, 0.25) is 11.7 Å². The van der Waals surface area contributed by atoms with E-state index in [0.29, 0.717) is 11.7 Å². The van der Waals surface area contributed by atoms with Crippen molar-refractivity contribution < 1.29 is 4.52 Å². The molecule has 0 aliphatic carbocycles. The maximum absolute atomic E-state index is 5.49. The zero-order valence-corrected chi connectivity index (χ0v) is 11.5. The molecule has 0 fully saturated rings. The van der Waals surface area contributed by atoms with Gasteiger partial charge >= 0.3 is 0 Å². The zero-order valence-electron chi connectivity index (χ0n) is 11.5. The van der Waals surface area contributed by atoms with Crippen LogP contribution in [0.5, 0.6) is 0 Å². The van der Waals surface area contributed by atoms with Gasteiger partial charge in [0.15, 0.2) is 5.65 Å². The van der Waals surface area contributed by atoms with Gasteiger partial charge in [-0.2, -0.15) is 10.1 Å². The third kappa shape index (κ3) is 2.13. The van der Waals surface area contributed by atoms with Crippen LogP contribution < -0.4 is 5.73 Å². The highest BCUT2D eigenvalue weighted by Crippen LogP contribution is 2.24. The molecular formula is C15H12N6O. The number of fused-ring (bicyclic) bond motifs is 1. The molecule has 3 aromatic heterocycles. The van der Waals surface area contributed by atoms with E-state index in [2.05, 4.69) is 20.2 Å². The molecule has 0 bridgehead atoms. The van der Waals surface area contributed by atoms with Crippen molar-refractivity contribution in [2.75, 3.05) is 0 Å². The number of nitrogens with zero attached hydrogens (tertiary/aromatic N) is 5. The number of nitrogens with two attached hydrogens (primary N) is 1. The van der Waals surface area contributed by atoms with Gasteiger partial charge in [-0.3, -0.25) is 0 Å². The second-order valence-electron chi connectivity index (χ2n) is 4.75. The molecule has 108 valence electrons. The molecule has 4 rings (SSSR count). The standard InChI is InChI=1S/C15H12N6O/c16-8-14-19-15(20-22-14)11-4-1-3-10(7-11)12-9-21-13(18-12)5-2-6-17-21/h1-7,9H,8,16H2. The van der Waals surface area contributed by atoms with Crippen molar-refractivity contribution in [3.8, 4) is 22.6 Å². The quantitative estimate of drug-likeness (QED) is 0.619. The molecule has 0 radical (unpaired) electrons. The molecule has 4 aromatic rings. The fourth-order valence-electron chi connectivity index (χ4n) is 2.24. The van der Waals surface area contributed by atoms with E-state index in [1.165, 1.54) is 0 Å². The van der Waals surface area contributed by atoms with Crippen LogP contribution in [0, 0.1) is 0 Å². The minimum atomic E-state index is 0.227. The van der Waals surface area contributed by atoms with Crippen LogP contribution in [-0.2, 0) is 6.54 Å². The molecule has 0 aliphatic rings. The molecule has 1 aromatic carbocycles. The van der Waals surface area contributed by atoms with Crippen molar-refractivity contribution in [1.82, 2.24) is 24.7 Å². The molecule has 7 heteroatoms. The number of imidazole rings is 1. The highest BCUT2D eigenvalue weighted by Gasteiger charge is 2.10. The Hall–Kier alpha value is -3.06. The van der Waals surface area contributed by atoms with Gasteiger partial charge in [0, 0.05) is 17.3 Å². The fourth-order valence-corrected chi connectivity index (χ4v) is 2.24. The second kappa shape index (κ2) is 5.05. The molecule has 0 saturated heterocycles. The van der Waals surface area contributed by atoms with E-state index in [1.807, 2.05) is 42.6 Å². The Bertz CT molecular complexity index is 909. The third-order valence-electron chi connectivity index (χ3n) is 3.30. The molecule has 7 nitrogen and oxygen atoms in total. The summed E-state index contributed by atoms with van der Waals surface area (Å²) in [5, 5.41) is 8.15. The summed E-state index contributed by atoms with van der Waals surface area (Å²) < 4.78 is 6.78. The lowest BCUT2D eigenvalue weighted by Crippen LogP contribution is -1.95. The molecule has 0 atom stereocenters. The molecule has 0 saturated carbocycles. The summed E-state index contributed by atoms with van der Waals surface area (Å²) in [4.78, 5) is 8.79. The summed E-state index contributed by atoms with van der Waals surface area (Å²) in [5.41, 5.74) is 8.94.